The van der Waals surface area contributed by atoms with Crippen molar-refractivity contribution < 1.29 is 4.84 Å². The molecule has 0 saturated carbocycles. The monoisotopic (exact) mass is 344 g/mol. The van der Waals surface area contributed by atoms with Gasteiger partial charge in [-0.1, -0.05) is 48.5 Å². The predicted octanol–water partition coefficient (Wildman–Crippen LogP) is 3.71. The van der Waals surface area contributed by atoms with Crippen LogP contribution < -0.4 is 10.8 Å². The number of fused-ring (bicyclic) bond motifs is 1. The van der Waals surface area contributed by atoms with Crippen molar-refractivity contribution in [3.63, 3.8) is 0 Å². The molecule has 0 atom stereocenters. The summed E-state index contributed by atoms with van der Waals surface area (Å²) in [4.78, 5) is 22.7. The molecule has 7 heteroatoms. The fourth-order valence-electron chi connectivity index (χ4n) is 2.47. The summed E-state index contributed by atoms with van der Waals surface area (Å²) in [6.07, 6.45) is 2.93. The van der Waals surface area contributed by atoms with Gasteiger partial charge in [-0.15, -0.1) is 0 Å². The van der Waals surface area contributed by atoms with E-state index < -0.39 is 0 Å². The van der Waals surface area contributed by atoms with Crippen LogP contribution in [-0.2, 0) is 11.4 Å². The van der Waals surface area contributed by atoms with Gasteiger partial charge in [-0.3, -0.25) is 4.84 Å². The summed E-state index contributed by atoms with van der Waals surface area (Å²) in [5, 5.41) is 3.25. The van der Waals surface area contributed by atoms with Crippen LogP contribution in [0.3, 0.4) is 0 Å². The molecule has 7 nitrogen and oxygen atoms in total. The number of nitrogens with zero attached hydrogens (tertiary/aromatic N) is 4. The van der Waals surface area contributed by atoms with Gasteiger partial charge in [-0.05, 0) is 17.7 Å². The molecule has 0 unspecified atom stereocenters. The Labute approximate surface area is 150 Å². The topological polar surface area (TPSA) is 84.9 Å². The van der Waals surface area contributed by atoms with E-state index in [0.717, 1.165) is 11.3 Å². The van der Waals surface area contributed by atoms with E-state index in [-0.39, 0.29) is 0 Å². The number of benzene rings is 2. The van der Waals surface area contributed by atoms with Crippen molar-refractivity contribution in [1.29, 1.82) is 0 Å². The smallest absolute Gasteiger partial charge is 0.179 e. The molecule has 0 aliphatic heterocycles. The molecule has 0 saturated heterocycles. The highest BCUT2D eigenvalue weighted by Gasteiger charge is 2.10. The minimum absolute atomic E-state index is 0.409. The van der Waals surface area contributed by atoms with Crippen LogP contribution in [-0.4, -0.2) is 19.9 Å². The summed E-state index contributed by atoms with van der Waals surface area (Å²) in [5.41, 5.74) is 6.02. The molecule has 26 heavy (non-hydrogen) atoms. The molecule has 0 spiro atoms. The Morgan fingerprint density at radius 3 is 2.04 bits per heavy atom. The molecule has 4 rings (SSSR count). The van der Waals surface area contributed by atoms with E-state index in [0.29, 0.717) is 29.3 Å². The number of aromatic nitrogens is 4. The molecular weight excluding hydrogens is 328 g/mol. The van der Waals surface area contributed by atoms with Gasteiger partial charge in [-0.25, -0.2) is 25.4 Å². The van der Waals surface area contributed by atoms with Crippen LogP contribution in [0.5, 0.6) is 0 Å². The Balaban J connectivity index is 1.55. The van der Waals surface area contributed by atoms with Crippen molar-refractivity contribution in [3.05, 3.63) is 78.9 Å². The zero-order valence-corrected chi connectivity index (χ0v) is 13.8. The van der Waals surface area contributed by atoms with Crippen molar-refractivity contribution in [2.45, 2.75) is 6.61 Å². The zero-order valence-electron chi connectivity index (χ0n) is 13.8. The van der Waals surface area contributed by atoms with Gasteiger partial charge in [0.2, 0.25) is 0 Å². The average Bonchev–Trinajstić information content (AvgIpc) is 2.70. The third-order valence-electron chi connectivity index (χ3n) is 3.71. The number of hydrogen-bond donors (Lipinski definition) is 2. The van der Waals surface area contributed by atoms with Gasteiger partial charge in [-0.2, -0.15) is 0 Å². The van der Waals surface area contributed by atoms with Crippen LogP contribution in [0.15, 0.2) is 73.3 Å². The Morgan fingerprint density at radius 2 is 1.31 bits per heavy atom. The molecule has 0 aliphatic carbocycles. The minimum atomic E-state index is 0.409. The van der Waals surface area contributed by atoms with Crippen LogP contribution in [0, 0.1) is 0 Å². The number of nitrogens with one attached hydrogen (secondary N) is 2. The highest BCUT2D eigenvalue weighted by molar-refractivity contribution is 5.92. The predicted molar refractivity (Wildman–Crippen MR) is 99.7 cm³/mol. The molecule has 0 bridgehead atoms. The first-order chi connectivity index (χ1) is 12.9. The zero-order chi connectivity index (χ0) is 17.6. The van der Waals surface area contributed by atoms with Gasteiger partial charge in [0.25, 0.3) is 0 Å². The second-order valence-corrected chi connectivity index (χ2v) is 5.51. The van der Waals surface area contributed by atoms with E-state index >= 15 is 0 Å². The van der Waals surface area contributed by atoms with Crippen molar-refractivity contribution in [3.8, 4) is 0 Å². The molecular formula is C19H16N6O. The van der Waals surface area contributed by atoms with Gasteiger partial charge in [0.05, 0.1) is 6.61 Å². The average molecular weight is 344 g/mol. The molecule has 0 fully saturated rings. The van der Waals surface area contributed by atoms with E-state index in [4.69, 9.17) is 4.84 Å². The molecule has 0 amide bonds. The maximum Gasteiger partial charge on any atom is 0.179 e. The first-order valence-corrected chi connectivity index (χ1v) is 8.09. The standard InChI is InChI=1S/C19H16N6O/c1-3-7-14(8-4-1)11-26-25-19-17-16(20-13-23-19)18(22-12-21-17)24-15-9-5-2-6-10-15/h1-10,12-13H,11H2,(H,20,23,25)(H,21,22,24). The summed E-state index contributed by atoms with van der Waals surface area (Å²) in [6.45, 7) is 0.409. The highest BCUT2D eigenvalue weighted by atomic mass is 16.6. The van der Waals surface area contributed by atoms with E-state index in [1.165, 1.54) is 12.7 Å². The normalized spacial score (nSPS) is 10.6. The van der Waals surface area contributed by atoms with Crippen molar-refractivity contribution in [1.82, 2.24) is 19.9 Å². The second kappa shape index (κ2) is 7.54. The molecule has 0 radical (unpaired) electrons. The van der Waals surface area contributed by atoms with Crippen molar-refractivity contribution >= 4 is 28.4 Å². The highest BCUT2D eigenvalue weighted by Crippen LogP contribution is 2.24. The van der Waals surface area contributed by atoms with Crippen LogP contribution in [0.2, 0.25) is 0 Å². The maximum atomic E-state index is 5.55. The third kappa shape index (κ3) is 3.57. The van der Waals surface area contributed by atoms with Crippen molar-refractivity contribution in [2.24, 2.45) is 0 Å². The number of hydrogen-bond acceptors (Lipinski definition) is 7. The fraction of sp³-hybridized carbons (Fsp3) is 0.0526. The number of para-hydroxylation sites is 1. The minimum Gasteiger partial charge on any atom is -0.338 e. The molecule has 4 aromatic rings. The lowest BCUT2D eigenvalue weighted by Gasteiger charge is -2.10. The molecule has 0 aliphatic rings. The van der Waals surface area contributed by atoms with Gasteiger partial charge >= 0.3 is 0 Å². The number of rotatable bonds is 6. The molecule has 128 valence electrons. The Bertz CT molecular complexity index is 994. The van der Waals surface area contributed by atoms with E-state index in [1.54, 1.807) is 0 Å². The van der Waals surface area contributed by atoms with E-state index in [9.17, 15) is 0 Å². The lowest BCUT2D eigenvalue weighted by Crippen LogP contribution is -2.06. The van der Waals surface area contributed by atoms with Gasteiger partial charge in [0, 0.05) is 5.69 Å². The third-order valence-corrected chi connectivity index (χ3v) is 3.71. The summed E-state index contributed by atoms with van der Waals surface area (Å²) in [5.74, 6) is 1.10. The molecule has 2 aromatic heterocycles. The SMILES string of the molecule is c1ccc(CONc2ncnc3c(Nc4ccccc4)ncnc23)cc1. The van der Waals surface area contributed by atoms with Gasteiger partial charge in [0.15, 0.2) is 11.6 Å². The van der Waals surface area contributed by atoms with Crippen LogP contribution in [0.25, 0.3) is 11.0 Å². The summed E-state index contributed by atoms with van der Waals surface area (Å²) in [6, 6.07) is 19.6. The van der Waals surface area contributed by atoms with Crippen LogP contribution >= 0.6 is 0 Å². The largest absolute Gasteiger partial charge is 0.338 e. The molecule has 2 N–H and O–H groups in total. The molecule has 2 aromatic carbocycles. The maximum absolute atomic E-state index is 5.55. The van der Waals surface area contributed by atoms with Crippen molar-refractivity contribution in [2.75, 3.05) is 10.8 Å². The lowest BCUT2D eigenvalue weighted by molar-refractivity contribution is 0.179. The Hall–Kier alpha value is -3.58. The number of anilines is 3. The fourth-order valence-corrected chi connectivity index (χ4v) is 2.47. The quantitative estimate of drug-likeness (QED) is 0.516. The van der Waals surface area contributed by atoms with E-state index in [2.05, 4.69) is 30.7 Å². The first kappa shape index (κ1) is 15.9. The summed E-state index contributed by atoms with van der Waals surface area (Å²) >= 11 is 0. The van der Waals surface area contributed by atoms with Gasteiger partial charge in [0.1, 0.15) is 23.7 Å². The van der Waals surface area contributed by atoms with Gasteiger partial charge < -0.3 is 5.32 Å². The Kier molecular flexibility index (Phi) is 4.62. The first-order valence-electron chi connectivity index (χ1n) is 8.09. The summed E-state index contributed by atoms with van der Waals surface area (Å²) < 4.78 is 0. The Morgan fingerprint density at radius 1 is 0.692 bits per heavy atom. The lowest BCUT2D eigenvalue weighted by atomic mass is 10.2. The van der Waals surface area contributed by atoms with Crippen LogP contribution in [0.4, 0.5) is 17.3 Å². The molecule has 2 heterocycles. The van der Waals surface area contributed by atoms with E-state index in [1.807, 2.05) is 60.7 Å². The second-order valence-electron chi connectivity index (χ2n) is 5.51. The van der Waals surface area contributed by atoms with Crippen LogP contribution in [0.1, 0.15) is 5.56 Å². The summed E-state index contributed by atoms with van der Waals surface area (Å²) in [7, 11) is 0.